The molecule has 1 aliphatic rings. The molecule has 7 heteroatoms. The van der Waals surface area contributed by atoms with Crippen molar-refractivity contribution in [2.75, 3.05) is 52.1 Å². The zero-order valence-electron chi connectivity index (χ0n) is 14.7. The summed E-state index contributed by atoms with van der Waals surface area (Å²) < 4.78 is 23.4. The van der Waals surface area contributed by atoms with Gasteiger partial charge in [0.2, 0.25) is 0 Å². The third-order valence-electron chi connectivity index (χ3n) is 4.25. The van der Waals surface area contributed by atoms with Crippen LogP contribution in [0.3, 0.4) is 0 Å². The minimum Gasteiger partial charge on any atom is -0.355 e. The monoisotopic (exact) mass is 332 g/mol. The van der Waals surface area contributed by atoms with Gasteiger partial charge in [0.25, 0.3) is 0 Å². The van der Waals surface area contributed by atoms with Crippen LogP contribution in [0.15, 0.2) is 4.99 Å². The molecule has 0 amide bonds. The maximum atomic E-state index is 12.1. The number of nitrogens with zero attached hydrogens (tertiary/aromatic N) is 3. The highest BCUT2D eigenvalue weighted by Crippen LogP contribution is 2.23. The van der Waals surface area contributed by atoms with Gasteiger partial charge in [-0.25, -0.2) is 8.42 Å². The lowest BCUT2D eigenvalue weighted by Gasteiger charge is -2.39. The van der Waals surface area contributed by atoms with Crippen LogP contribution in [0.1, 0.15) is 34.1 Å². The summed E-state index contributed by atoms with van der Waals surface area (Å²) in [5.74, 6) is 0.993. The molecule has 1 N–H and O–H groups in total. The van der Waals surface area contributed by atoms with E-state index >= 15 is 0 Å². The summed E-state index contributed by atoms with van der Waals surface area (Å²) >= 11 is 0. The van der Waals surface area contributed by atoms with E-state index in [0.717, 1.165) is 38.6 Å². The van der Waals surface area contributed by atoms with Crippen LogP contribution in [0, 0.1) is 0 Å². The van der Waals surface area contributed by atoms with Crippen LogP contribution >= 0.6 is 0 Å². The largest absolute Gasteiger partial charge is 0.355 e. The minimum absolute atomic E-state index is 0.192. The first kappa shape index (κ1) is 19.2. The van der Waals surface area contributed by atoms with E-state index in [9.17, 15) is 8.42 Å². The second kappa shape index (κ2) is 8.15. The molecule has 1 fully saturated rings. The van der Waals surface area contributed by atoms with Crippen LogP contribution in [0.25, 0.3) is 0 Å². The number of hydrogen-bond acceptors (Lipinski definition) is 4. The van der Waals surface area contributed by atoms with Crippen LogP contribution in [0.2, 0.25) is 0 Å². The number of aliphatic imine (C=N–C) groups is 1. The van der Waals surface area contributed by atoms with Gasteiger partial charge in [0.15, 0.2) is 15.8 Å². The fraction of sp³-hybridized carbons (Fsp3) is 0.933. The third-order valence-corrected chi connectivity index (χ3v) is 6.79. The Hall–Kier alpha value is -0.820. The summed E-state index contributed by atoms with van der Waals surface area (Å²) in [7, 11) is -1.26. The second-order valence-electron chi connectivity index (χ2n) is 6.41. The van der Waals surface area contributed by atoms with Crippen molar-refractivity contribution in [2.45, 2.75) is 38.9 Å². The summed E-state index contributed by atoms with van der Waals surface area (Å²) in [5.41, 5.74) is 0. The molecule has 1 aliphatic heterocycles. The predicted octanol–water partition coefficient (Wildman–Crippen LogP) is 0.803. The number of likely N-dealkylation sites (N-methyl/N-ethyl adjacent to an activating group) is 1. The van der Waals surface area contributed by atoms with Gasteiger partial charge in [-0.05, 0) is 33.4 Å². The first-order valence-corrected chi connectivity index (χ1v) is 9.83. The van der Waals surface area contributed by atoms with Gasteiger partial charge in [0.1, 0.15) is 0 Å². The van der Waals surface area contributed by atoms with Crippen LogP contribution in [-0.2, 0) is 9.84 Å². The summed E-state index contributed by atoms with van der Waals surface area (Å²) in [4.78, 5) is 8.76. The van der Waals surface area contributed by atoms with Gasteiger partial charge in [-0.2, -0.15) is 0 Å². The van der Waals surface area contributed by atoms with E-state index in [0.29, 0.717) is 13.1 Å². The highest BCUT2D eigenvalue weighted by molar-refractivity contribution is 7.92. The Bertz CT molecular complexity index is 474. The zero-order chi connectivity index (χ0) is 16.8. The van der Waals surface area contributed by atoms with Crippen molar-refractivity contribution in [3.05, 3.63) is 0 Å². The molecule has 0 unspecified atom stereocenters. The normalized spacial score (nSPS) is 21.2. The summed E-state index contributed by atoms with van der Waals surface area (Å²) in [6.07, 6.45) is 1.15. The van der Waals surface area contributed by atoms with Crippen LogP contribution in [0.5, 0.6) is 0 Å². The van der Waals surface area contributed by atoms with Gasteiger partial charge in [0, 0.05) is 33.2 Å². The molecule has 130 valence electrons. The highest BCUT2D eigenvalue weighted by atomic mass is 32.2. The molecule has 0 bridgehead atoms. The number of hydrogen-bond donors (Lipinski definition) is 1. The van der Waals surface area contributed by atoms with Gasteiger partial charge in [0.05, 0.1) is 10.5 Å². The summed E-state index contributed by atoms with van der Waals surface area (Å²) in [6, 6.07) is 0. The molecular weight excluding hydrogens is 300 g/mol. The Kier molecular flexibility index (Phi) is 7.12. The standard InChI is InChI=1S/C15H32N4O2S/c1-6-9-18(7-2)10-8-17-14(16-5)19-11-12-22(20,21)15(3,4)13-19/h6-13H2,1-5H3,(H,16,17). The first-order chi connectivity index (χ1) is 10.3. The molecule has 1 rings (SSSR count). The Morgan fingerprint density at radius 1 is 1.32 bits per heavy atom. The fourth-order valence-electron chi connectivity index (χ4n) is 2.73. The summed E-state index contributed by atoms with van der Waals surface area (Å²) in [6.45, 7) is 12.9. The average Bonchev–Trinajstić information content (AvgIpc) is 2.45. The van der Waals surface area contributed by atoms with E-state index in [1.165, 1.54) is 0 Å². The Balaban J connectivity index is 2.56. The quantitative estimate of drug-likeness (QED) is 0.576. The lowest BCUT2D eigenvalue weighted by Crippen LogP contribution is -2.57. The molecule has 1 saturated heterocycles. The van der Waals surface area contributed by atoms with Crippen LogP contribution in [0.4, 0.5) is 0 Å². The van der Waals surface area contributed by atoms with Crippen molar-refractivity contribution in [3.63, 3.8) is 0 Å². The Morgan fingerprint density at radius 2 is 2.00 bits per heavy atom. The summed E-state index contributed by atoms with van der Waals surface area (Å²) in [5, 5.41) is 3.37. The molecule has 0 saturated carbocycles. The smallest absolute Gasteiger partial charge is 0.193 e. The van der Waals surface area contributed by atoms with Crippen molar-refractivity contribution >= 4 is 15.8 Å². The van der Waals surface area contributed by atoms with Gasteiger partial charge in [-0.15, -0.1) is 0 Å². The van der Waals surface area contributed by atoms with Gasteiger partial charge >= 0.3 is 0 Å². The molecule has 6 nitrogen and oxygen atoms in total. The van der Waals surface area contributed by atoms with E-state index in [4.69, 9.17) is 0 Å². The Morgan fingerprint density at radius 3 is 2.50 bits per heavy atom. The fourth-order valence-corrected chi connectivity index (χ4v) is 4.09. The van der Waals surface area contributed by atoms with Crippen molar-refractivity contribution in [1.82, 2.24) is 15.1 Å². The number of rotatable bonds is 6. The molecule has 1 heterocycles. The van der Waals surface area contributed by atoms with Crippen molar-refractivity contribution in [1.29, 1.82) is 0 Å². The van der Waals surface area contributed by atoms with Crippen LogP contribution < -0.4 is 5.32 Å². The molecule has 0 aromatic rings. The molecule has 0 spiro atoms. The maximum absolute atomic E-state index is 12.1. The number of nitrogens with one attached hydrogen (secondary N) is 1. The number of guanidine groups is 1. The van der Waals surface area contributed by atoms with Crippen molar-refractivity contribution in [2.24, 2.45) is 4.99 Å². The third kappa shape index (κ3) is 4.84. The van der Waals surface area contributed by atoms with Gasteiger partial charge < -0.3 is 15.1 Å². The van der Waals surface area contributed by atoms with Crippen molar-refractivity contribution < 1.29 is 8.42 Å². The second-order valence-corrected chi connectivity index (χ2v) is 9.15. The molecule has 0 aromatic heterocycles. The molecule has 0 radical (unpaired) electrons. The topological polar surface area (TPSA) is 65.0 Å². The molecule has 22 heavy (non-hydrogen) atoms. The Labute approximate surface area is 135 Å². The lowest BCUT2D eigenvalue weighted by molar-refractivity contribution is 0.289. The maximum Gasteiger partial charge on any atom is 0.193 e. The lowest BCUT2D eigenvalue weighted by atomic mass is 10.2. The predicted molar refractivity (Wildman–Crippen MR) is 93.2 cm³/mol. The van der Waals surface area contributed by atoms with Crippen molar-refractivity contribution in [3.8, 4) is 0 Å². The number of sulfone groups is 1. The first-order valence-electron chi connectivity index (χ1n) is 8.17. The van der Waals surface area contributed by atoms with E-state index in [-0.39, 0.29) is 5.75 Å². The van der Waals surface area contributed by atoms with Gasteiger partial charge in [-0.3, -0.25) is 4.99 Å². The molecular formula is C15H32N4O2S. The van der Waals surface area contributed by atoms with E-state index in [1.54, 1.807) is 20.9 Å². The minimum atomic E-state index is -3.01. The van der Waals surface area contributed by atoms with Gasteiger partial charge in [-0.1, -0.05) is 13.8 Å². The molecule has 0 atom stereocenters. The molecule has 0 aliphatic carbocycles. The average molecular weight is 333 g/mol. The van der Waals surface area contributed by atoms with E-state index in [1.807, 2.05) is 0 Å². The SMILES string of the molecule is CCCN(CC)CCNC(=NC)N1CCS(=O)(=O)C(C)(C)C1. The zero-order valence-corrected chi connectivity index (χ0v) is 15.5. The van der Waals surface area contributed by atoms with Crippen LogP contribution in [-0.4, -0.2) is 81.0 Å². The molecule has 0 aromatic carbocycles. The highest BCUT2D eigenvalue weighted by Gasteiger charge is 2.40. The van der Waals surface area contributed by atoms with E-state index < -0.39 is 14.6 Å². The van der Waals surface area contributed by atoms with E-state index in [2.05, 4.69) is 34.0 Å².